The third-order valence-electron chi connectivity index (χ3n) is 3.97. The van der Waals surface area contributed by atoms with Crippen molar-refractivity contribution in [2.75, 3.05) is 6.61 Å². The maximum absolute atomic E-state index is 9.42. The number of aliphatic hydroxyl groups is 1. The summed E-state index contributed by atoms with van der Waals surface area (Å²) in [6.07, 6.45) is 2.42. The van der Waals surface area contributed by atoms with Gasteiger partial charge in [-0.2, -0.15) is 0 Å². The van der Waals surface area contributed by atoms with Gasteiger partial charge in [-0.25, -0.2) is 0 Å². The molecule has 1 aliphatic carbocycles. The van der Waals surface area contributed by atoms with E-state index in [-0.39, 0.29) is 5.41 Å². The van der Waals surface area contributed by atoms with Gasteiger partial charge >= 0.3 is 0 Å². The molecule has 0 bridgehead atoms. The first kappa shape index (κ1) is 10.0. The van der Waals surface area contributed by atoms with Crippen LogP contribution < -0.4 is 0 Å². The van der Waals surface area contributed by atoms with Gasteiger partial charge in [0.1, 0.15) is 0 Å². The molecule has 1 heteroatoms. The number of hydrogen-bond acceptors (Lipinski definition) is 1. The van der Waals surface area contributed by atoms with Crippen molar-refractivity contribution in [3.63, 3.8) is 0 Å². The molecule has 1 saturated carbocycles. The van der Waals surface area contributed by atoms with Gasteiger partial charge in [-0.3, -0.25) is 0 Å². The highest BCUT2D eigenvalue weighted by atomic mass is 16.3. The topological polar surface area (TPSA) is 20.2 Å². The van der Waals surface area contributed by atoms with Crippen LogP contribution >= 0.6 is 0 Å². The summed E-state index contributed by atoms with van der Waals surface area (Å²) in [4.78, 5) is 0. The lowest BCUT2D eigenvalue weighted by atomic mass is 9.75. The van der Waals surface area contributed by atoms with Gasteiger partial charge in [-0.1, -0.05) is 27.7 Å². The van der Waals surface area contributed by atoms with Crippen molar-refractivity contribution in [2.45, 2.75) is 40.5 Å². The molecule has 0 heterocycles. The second-order valence-electron chi connectivity index (χ2n) is 5.04. The molecule has 0 aromatic carbocycles. The highest BCUT2D eigenvalue weighted by Gasteiger charge is 2.42. The van der Waals surface area contributed by atoms with E-state index in [9.17, 15) is 5.11 Å². The Morgan fingerprint density at radius 1 is 1.25 bits per heavy atom. The minimum Gasteiger partial charge on any atom is -0.396 e. The first-order valence-electron chi connectivity index (χ1n) is 5.12. The second kappa shape index (κ2) is 3.37. The van der Waals surface area contributed by atoms with Crippen LogP contribution in [0.15, 0.2) is 0 Å². The van der Waals surface area contributed by atoms with Gasteiger partial charge in [0.2, 0.25) is 0 Å². The van der Waals surface area contributed by atoms with Gasteiger partial charge in [-0.05, 0) is 36.0 Å². The number of hydrogen-bond donors (Lipinski definition) is 1. The van der Waals surface area contributed by atoms with E-state index in [0.717, 1.165) is 11.8 Å². The van der Waals surface area contributed by atoms with E-state index in [1.165, 1.54) is 12.8 Å². The van der Waals surface area contributed by atoms with E-state index in [0.29, 0.717) is 12.5 Å². The van der Waals surface area contributed by atoms with Crippen molar-refractivity contribution in [2.24, 2.45) is 23.2 Å². The zero-order valence-electron chi connectivity index (χ0n) is 8.80. The normalized spacial score (nSPS) is 42.5. The van der Waals surface area contributed by atoms with Gasteiger partial charge in [0.15, 0.2) is 0 Å². The fourth-order valence-corrected chi connectivity index (χ4v) is 2.55. The molecule has 0 saturated heterocycles. The molecule has 1 nitrogen and oxygen atoms in total. The van der Waals surface area contributed by atoms with Gasteiger partial charge in [0, 0.05) is 6.61 Å². The second-order valence-corrected chi connectivity index (χ2v) is 5.04. The van der Waals surface area contributed by atoms with E-state index in [1.807, 2.05) is 0 Å². The summed E-state index contributed by atoms with van der Waals surface area (Å²) in [6, 6.07) is 0. The molecule has 12 heavy (non-hydrogen) atoms. The zero-order valence-corrected chi connectivity index (χ0v) is 8.80. The highest BCUT2D eigenvalue weighted by Crippen LogP contribution is 2.49. The first-order valence-corrected chi connectivity index (χ1v) is 5.12. The maximum atomic E-state index is 9.42. The summed E-state index contributed by atoms with van der Waals surface area (Å²) in [7, 11) is 0. The Hall–Kier alpha value is -0.0400. The Balaban J connectivity index is 2.71. The Morgan fingerprint density at radius 2 is 1.67 bits per heavy atom. The molecule has 0 spiro atoms. The third kappa shape index (κ3) is 1.52. The van der Waals surface area contributed by atoms with E-state index >= 15 is 0 Å². The monoisotopic (exact) mass is 170 g/mol. The predicted octanol–water partition coefficient (Wildman–Crippen LogP) is 2.69. The largest absolute Gasteiger partial charge is 0.396 e. The summed E-state index contributed by atoms with van der Waals surface area (Å²) in [6.45, 7) is 9.47. The van der Waals surface area contributed by atoms with Gasteiger partial charge in [0.05, 0.1) is 0 Å². The fraction of sp³-hybridized carbons (Fsp3) is 1.00. The molecular formula is C11H22O. The zero-order chi connectivity index (χ0) is 9.35. The van der Waals surface area contributed by atoms with Crippen molar-refractivity contribution in [1.29, 1.82) is 0 Å². The Bertz CT molecular complexity index is 141. The Kier molecular flexibility index (Phi) is 2.82. The minimum absolute atomic E-state index is 0.235. The van der Waals surface area contributed by atoms with Crippen LogP contribution in [0.25, 0.3) is 0 Å². The van der Waals surface area contributed by atoms with Crippen LogP contribution in [0.5, 0.6) is 0 Å². The molecule has 1 N–H and O–H groups in total. The molecule has 0 aromatic heterocycles. The fourth-order valence-electron chi connectivity index (χ4n) is 2.55. The standard InChI is InChI=1S/C11H22O/c1-8(2)11(7-12)5-9(3)10(4)6-11/h8-10,12H,5-7H2,1-4H3/t9-,10+,11-. The Labute approximate surface area is 76.2 Å². The average molecular weight is 170 g/mol. The smallest absolute Gasteiger partial charge is 0.0490 e. The quantitative estimate of drug-likeness (QED) is 0.675. The molecule has 72 valence electrons. The molecule has 1 aliphatic rings. The summed E-state index contributed by atoms with van der Waals surface area (Å²) in [5, 5.41) is 9.42. The van der Waals surface area contributed by atoms with E-state index in [2.05, 4.69) is 27.7 Å². The van der Waals surface area contributed by atoms with Gasteiger partial charge in [-0.15, -0.1) is 0 Å². The van der Waals surface area contributed by atoms with Gasteiger partial charge in [0.25, 0.3) is 0 Å². The molecule has 3 atom stereocenters. The van der Waals surface area contributed by atoms with Crippen LogP contribution in [-0.2, 0) is 0 Å². The third-order valence-corrected chi connectivity index (χ3v) is 3.97. The van der Waals surface area contributed by atoms with Crippen LogP contribution in [0.1, 0.15) is 40.5 Å². The highest BCUT2D eigenvalue weighted by molar-refractivity contribution is 4.92. The molecule has 0 aliphatic heterocycles. The molecule has 0 unspecified atom stereocenters. The molecule has 0 amide bonds. The summed E-state index contributed by atoms with van der Waals surface area (Å²) < 4.78 is 0. The summed E-state index contributed by atoms with van der Waals surface area (Å²) >= 11 is 0. The summed E-state index contributed by atoms with van der Waals surface area (Å²) in [5.41, 5.74) is 0.235. The number of aliphatic hydroxyl groups excluding tert-OH is 1. The molecule has 0 aromatic rings. The maximum Gasteiger partial charge on any atom is 0.0490 e. The lowest BCUT2D eigenvalue weighted by Gasteiger charge is -2.31. The van der Waals surface area contributed by atoms with E-state index < -0.39 is 0 Å². The molecule has 1 rings (SSSR count). The van der Waals surface area contributed by atoms with Crippen molar-refractivity contribution >= 4 is 0 Å². The van der Waals surface area contributed by atoms with Crippen LogP contribution in [0.3, 0.4) is 0 Å². The molecule has 1 fully saturated rings. The van der Waals surface area contributed by atoms with Crippen molar-refractivity contribution in [3.8, 4) is 0 Å². The lowest BCUT2D eigenvalue weighted by molar-refractivity contribution is 0.0771. The van der Waals surface area contributed by atoms with E-state index in [4.69, 9.17) is 0 Å². The number of rotatable bonds is 2. The Morgan fingerprint density at radius 3 is 1.83 bits per heavy atom. The lowest BCUT2D eigenvalue weighted by Crippen LogP contribution is -2.28. The van der Waals surface area contributed by atoms with Crippen molar-refractivity contribution in [3.05, 3.63) is 0 Å². The minimum atomic E-state index is 0.235. The van der Waals surface area contributed by atoms with Crippen LogP contribution in [0.4, 0.5) is 0 Å². The van der Waals surface area contributed by atoms with Crippen LogP contribution in [0, 0.1) is 23.2 Å². The van der Waals surface area contributed by atoms with Crippen molar-refractivity contribution < 1.29 is 5.11 Å². The molecule has 0 radical (unpaired) electrons. The average Bonchev–Trinajstić information content (AvgIpc) is 2.29. The molecular weight excluding hydrogens is 148 g/mol. The first-order chi connectivity index (χ1) is 5.52. The van der Waals surface area contributed by atoms with Gasteiger partial charge < -0.3 is 5.11 Å². The van der Waals surface area contributed by atoms with E-state index in [1.54, 1.807) is 0 Å². The van der Waals surface area contributed by atoms with Crippen LogP contribution in [-0.4, -0.2) is 11.7 Å². The SMILES string of the molecule is CC(C)[C@]1(CO)C[C@@H](C)[C@@H](C)C1. The predicted molar refractivity (Wildman–Crippen MR) is 51.9 cm³/mol. The van der Waals surface area contributed by atoms with Crippen LogP contribution in [0.2, 0.25) is 0 Å². The summed E-state index contributed by atoms with van der Waals surface area (Å²) in [5.74, 6) is 2.20. The van der Waals surface area contributed by atoms with Crippen molar-refractivity contribution in [1.82, 2.24) is 0 Å².